The Labute approximate surface area is 145 Å². The van der Waals surface area contributed by atoms with Gasteiger partial charge in [0.25, 0.3) is 5.91 Å². The lowest BCUT2D eigenvalue weighted by Crippen LogP contribution is -2.31. The van der Waals surface area contributed by atoms with Gasteiger partial charge in [-0.15, -0.1) is 0 Å². The van der Waals surface area contributed by atoms with E-state index < -0.39 is 18.5 Å². The lowest BCUT2D eigenvalue weighted by Gasteiger charge is -2.18. The summed E-state index contributed by atoms with van der Waals surface area (Å²) in [4.78, 5) is 31.3. The number of aromatic nitrogens is 2. The van der Waals surface area contributed by atoms with E-state index in [0.29, 0.717) is 11.5 Å². The summed E-state index contributed by atoms with van der Waals surface area (Å²) < 4.78 is 15.4. The fourth-order valence-corrected chi connectivity index (χ4v) is 2.15. The minimum Gasteiger partial charge on any atom is -0.497 e. The molecule has 1 aromatic heterocycles. The van der Waals surface area contributed by atoms with E-state index in [2.05, 4.69) is 15.3 Å². The van der Waals surface area contributed by atoms with Gasteiger partial charge in [-0.3, -0.25) is 9.78 Å². The third kappa shape index (κ3) is 4.90. The van der Waals surface area contributed by atoms with Crippen molar-refractivity contribution in [2.24, 2.45) is 0 Å². The van der Waals surface area contributed by atoms with Gasteiger partial charge in [-0.2, -0.15) is 0 Å². The molecule has 0 aliphatic heterocycles. The standard InChI is InChI=1S/C17H19N3O5/c1-11(13-8-12(23-2)4-5-15(13)24-3)20-16(21)10-25-17(22)14-9-18-6-7-19-14/h4-9,11H,10H2,1-3H3,(H,20,21). The molecule has 132 valence electrons. The number of methoxy groups -OCH3 is 2. The molecule has 0 aliphatic rings. The van der Waals surface area contributed by atoms with E-state index in [-0.39, 0.29) is 11.7 Å². The summed E-state index contributed by atoms with van der Waals surface area (Å²) in [6, 6.07) is 4.92. The first kappa shape index (κ1) is 18.2. The molecule has 1 unspecified atom stereocenters. The monoisotopic (exact) mass is 345 g/mol. The number of ether oxygens (including phenoxy) is 3. The van der Waals surface area contributed by atoms with Crippen molar-refractivity contribution in [2.45, 2.75) is 13.0 Å². The molecule has 0 aliphatic carbocycles. The molecule has 0 saturated heterocycles. The Kier molecular flexibility index (Phi) is 6.27. The van der Waals surface area contributed by atoms with Crippen LogP contribution < -0.4 is 14.8 Å². The average molecular weight is 345 g/mol. The van der Waals surface area contributed by atoms with E-state index in [1.165, 1.54) is 18.6 Å². The maximum absolute atomic E-state index is 12.0. The first-order chi connectivity index (χ1) is 12.0. The number of benzene rings is 1. The molecule has 8 nitrogen and oxygen atoms in total. The van der Waals surface area contributed by atoms with Crippen LogP contribution in [-0.2, 0) is 9.53 Å². The molecular weight excluding hydrogens is 326 g/mol. The lowest BCUT2D eigenvalue weighted by molar-refractivity contribution is -0.124. The lowest BCUT2D eigenvalue weighted by atomic mass is 10.1. The number of carbonyl (C=O) groups excluding carboxylic acids is 2. The molecule has 1 amide bonds. The van der Waals surface area contributed by atoms with Crippen LogP contribution in [0.3, 0.4) is 0 Å². The van der Waals surface area contributed by atoms with Gasteiger partial charge in [0, 0.05) is 18.0 Å². The third-order valence-electron chi connectivity index (χ3n) is 3.39. The molecule has 0 spiro atoms. The average Bonchev–Trinajstić information content (AvgIpc) is 2.66. The second-order valence-electron chi connectivity index (χ2n) is 5.06. The van der Waals surface area contributed by atoms with Crippen molar-refractivity contribution in [1.29, 1.82) is 0 Å². The highest BCUT2D eigenvalue weighted by Crippen LogP contribution is 2.29. The normalized spacial score (nSPS) is 11.3. The molecule has 0 saturated carbocycles. The Morgan fingerprint density at radius 3 is 2.64 bits per heavy atom. The molecule has 8 heteroatoms. The predicted molar refractivity (Wildman–Crippen MR) is 88.4 cm³/mol. The second kappa shape index (κ2) is 8.62. The zero-order valence-electron chi connectivity index (χ0n) is 14.2. The highest BCUT2D eigenvalue weighted by Gasteiger charge is 2.17. The van der Waals surface area contributed by atoms with Crippen LogP contribution in [0.5, 0.6) is 11.5 Å². The molecule has 1 N–H and O–H groups in total. The Balaban J connectivity index is 1.95. The topological polar surface area (TPSA) is 99.6 Å². The van der Waals surface area contributed by atoms with Gasteiger partial charge in [-0.1, -0.05) is 0 Å². The van der Waals surface area contributed by atoms with Crippen molar-refractivity contribution in [3.8, 4) is 11.5 Å². The van der Waals surface area contributed by atoms with Crippen LogP contribution >= 0.6 is 0 Å². The fraction of sp³-hybridized carbons (Fsp3) is 0.294. The summed E-state index contributed by atoms with van der Waals surface area (Å²) >= 11 is 0. The van der Waals surface area contributed by atoms with E-state index in [1.807, 2.05) is 0 Å². The van der Waals surface area contributed by atoms with Gasteiger partial charge in [0.1, 0.15) is 11.5 Å². The van der Waals surface area contributed by atoms with Gasteiger partial charge in [-0.05, 0) is 25.1 Å². The number of rotatable bonds is 7. The summed E-state index contributed by atoms with van der Waals surface area (Å²) in [6.45, 7) is 1.37. The maximum Gasteiger partial charge on any atom is 0.359 e. The van der Waals surface area contributed by atoms with Gasteiger partial charge in [0.2, 0.25) is 0 Å². The van der Waals surface area contributed by atoms with E-state index in [1.54, 1.807) is 39.3 Å². The Bertz CT molecular complexity index is 736. The zero-order chi connectivity index (χ0) is 18.2. The fourth-order valence-electron chi connectivity index (χ4n) is 2.15. The molecule has 25 heavy (non-hydrogen) atoms. The highest BCUT2D eigenvalue weighted by atomic mass is 16.5. The summed E-state index contributed by atoms with van der Waals surface area (Å²) in [5.41, 5.74) is 0.785. The van der Waals surface area contributed by atoms with Crippen molar-refractivity contribution in [1.82, 2.24) is 15.3 Å². The molecule has 0 bridgehead atoms. The second-order valence-corrected chi connectivity index (χ2v) is 5.06. The molecule has 2 rings (SSSR count). The van der Waals surface area contributed by atoms with Crippen LogP contribution in [0.25, 0.3) is 0 Å². The highest BCUT2D eigenvalue weighted by molar-refractivity contribution is 5.89. The zero-order valence-corrected chi connectivity index (χ0v) is 14.2. The van der Waals surface area contributed by atoms with E-state index in [0.717, 1.165) is 5.56 Å². The Morgan fingerprint density at radius 1 is 1.20 bits per heavy atom. The Hall–Kier alpha value is -3.16. The van der Waals surface area contributed by atoms with Gasteiger partial charge >= 0.3 is 5.97 Å². The summed E-state index contributed by atoms with van der Waals surface area (Å²) in [6.07, 6.45) is 4.07. The molecule has 0 fully saturated rings. The summed E-state index contributed by atoms with van der Waals surface area (Å²) in [5, 5.41) is 2.74. The quantitative estimate of drug-likeness (QED) is 0.760. The number of hydrogen-bond acceptors (Lipinski definition) is 7. The molecule has 2 aromatic rings. The maximum atomic E-state index is 12.0. The summed E-state index contributed by atoms with van der Waals surface area (Å²) in [7, 11) is 3.10. The number of amides is 1. The molecule has 0 radical (unpaired) electrons. The SMILES string of the molecule is COc1ccc(OC)c(C(C)NC(=O)COC(=O)c2cnccn2)c1. The number of hydrogen-bond donors (Lipinski definition) is 1. The van der Waals surface area contributed by atoms with Gasteiger partial charge in [0.05, 0.1) is 26.5 Å². The van der Waals surface area contributed by atoms with Crippen molar-refractivity contribution in [2.75, 3.05) is 20.8 Å². The van der Waals surface area contributed by atoms with Gasteiger partial charge < -0.3 is 19.5 Å². The first-order valence-electron chi connectivity index (χ1n) is 7.49. The number of carbonyl (C=O) groups is 2. The predicted octanol–water partition coefficient (Wildman–Crippen LogP) is 1.53. The van der Waals surface area contributed by atoms with Crippen LogP contribution in [0.2, 0.25) is 0 Å². The van der Waals surface area contributed by atoms with Crippen molar-refractivity contribution >= 4 is 11.9 Å². The minimum atomic E-state index is -0.713. The molecule has 1 atom stereocenters. The van der Waals surface area contributed by atoms with Gasteiger partial charge in [-0.25, -0.2) is 9.78 Å². The van der Waals surface area contributed by atoms with Crippen LogP contribution in [0.1, 0.15) is 29.0 Å². The van der Waals surface area contributed by atoms with E-state index >= 15 is 0 Å². The smallest absolute Gasteiger partial charge is 0.359 e. The minimum absolute atomic E-state index is 0.0396. The number of esters is 1. The van der Waals surface area contributed by atoms with Crippen molar-refractivity contribution in [3.63, 3.8) is 0 Å². The third-order valence-corrected chi connectivity index (χ3v) is 3.39. The number of nitrogens with zero attached hydrogens (tertiary/aromatic N) is 2. The van der Waals surface area contributed by atoms with Crippen molar-refractivity contribution < 1.29 is 23.8 Å². The van der Waals surface area contributed by atoms with Crippen LogP contribution in [0.15, 0.2) is 36.8 Å². The van der Waals surface area contributed by atoms with Gasteiger partial charge in [0.15, 0.2) is 12.3 Å². The number of nitrogens with one attached hydrogen (secondary N) is 1. The largest absolute Gasteiger partial charge is 0.497 e. The van der Waals surface area contributed by atoms with Crippen LogP contribution in [0, 0.1) is 0 Å². The molecular formula is C17H19N3O5. The Morgan fingerprint density at radius 2 is 2.00 bits per heavy atom. The molecule has 1 aromatic carbocycles. The van der Waals surface area contributed by atoms with Crippen molar-refractivity contribution in [3.05, 3.63) is 48.0 Å². The molecule has 1 heterocycles. The first-order valence-corrected chi connectivity index (χ1v) is 7.49. The van der Waals surface area contributed by atoms with Crippen LogP contribution in [-0.4, -0.2) is 42.7 Å². The van der Waals surface area contributed by atoms with Crippen LogP contribution in [0.4, 0.5) is 0 Å². The van der Waals surface area contributed by atoms with E-state index in [9.17, 15) is 9.59 Å². The summed E-state index contributed by atoms with van der Waals surface area (Å²) in [5.74, 6) is 0.0978. The van der Waals surface area contributed by atoms with E-state index in [4.69, 9.17) is 14.2 Å².